The smallest absolute Gasteiger partial charge is 0.310 e. The van der Waals surface area contributed by atoms with E-state index < -0.39 is 5.41 Å². The molecular formula is C16H23N4O2P. The van der Waals surface area contributed by atoms with Gasteiger partial charge in [-0.15, -0.1) is 0 Å². The summed E-state index contributed by atoms with van der Waals surface area (Å²) in [4.78, 5) is 20.8. The van der Waals surface area contributed by atoms with Crippen molar-refractivity contribution >= 4 is 26.3 Å². The van der Waals surface area contributed by atoms with Gasteiger partial charge in [-0.3, -0.25) is 4.79 Å². The van der Waals surface area contributed by atoms with E-state index in [9.17, 15) is 10.1 Å². The number of nitriles is 1. The SMILES string of the molecule is CCOC(=O)C(C)[C@H](C)Nc1nc(C)nc(C2(C#N)CC2)c1P. The summed E-state index contributed by atoms with van der Waals surface area (Å²) in [5.74, 6) is 0.734. The summed E-state index contributed by atoms with van der Waals surface area (Å²) < 4.78 is 5.06. The van der Waals surface area contributed by atoms with Crippen LogP contribution in [0, 0.1) is 24.2 Å². The number of hydrogen-bond acceptors (Lipinski definition) is 6. The van der Waals surface area contributed by atoms with Crippen LogP contribution >= 0.6 is 9.24 Å². The third-order valence-electron chi connectivity index (χ3n) is 4.25. The first kappa shape index (κ1) is 17.6. The molecule has 1 aromatic heterocycles. The van der Waals surface area contributed by atoms with E-state index in [-0.39, 0.29) is 17.9 Å². The van der Waals surface area contributed by atoms with Crippen LogP contribution in [0.4, 0.5) is 5.82 Å². The molecule has 0 aromatic carbocycles. The molecule has 1 aliphatic rings. The summed E-state index contributed by atoms with van der Waals surface area (Å²) in [5.41, 5.74) is 0.299. The molecule has 124 valence electrons. The molecule has 3 atom stereocenters. The van der Waals surface area contributed by atoms with Crippen LogP contribution in [0.15, 0.2) is 0 Å². The molecule has 1 aromatic rings. The number of nitrogens with one attached hydrogen (secondary N) is 1. The summed E-state index contributed by atoms with van der Waals surface area (Å²) in [6.07, 6.45) is 1.66. The minimum absolute atomic E-state index is 0.146. The molecule has 1 fully saturated rings. The standard InChI is InChI=1S/C16H23N4O2P/c1-5-22-15(21)9(2)10(3)18-14-12(23)13(19-11(4)20-14)16(8-17)6-7-16/h9-10H,5-7,23H2,1-4H3,(H,18,19,20)/t9?,10-/m0/s1. The monoisotopic (exact) mass is 334 g/mol. The highest BCUT2D eigenvalue weighted by molar-refractivity contribution is 7.28. The van der Waals surface area contributed by atoms with Gasteiger partial charge in [0, 0.05) is 11.3 Å². The molecule has 0 spiro atoms. The van der Waals surface area contributed by atoms with E-state index in [1.807, 2.05) is 20.8 Å². The van der Waals surface area contributed by atoms with Crippen molar-refractivity contribution in [2.75, 3.05) is 11.9 Å². The summed E-state index contributed by atoms with van der Waals surface area (Å²) in [7, 11) is 2.64. The number of carbonyl (C=O) groups excluding carboxylic acids is 1. The highest BCUT2D eigenvalue weighted by atomic mass is 31.0. The van der Waals surface area contributed by atoms with Crippen LogP contribution < -0.4 is 10.6 Å². The Hall–Kier alpha value is -1.73. The average Bonchev–Trinajstić information content (AvgIpc) is 3.31. The molecule has 0 amide bonds. The fourth-order valence-electron chi connectivity index (χ4n) is 2.40. The normalized spacial score (nSPS) is 17.7. The van der Waals surface area contributed by atoms with E-state index in [4.69, 9.17) is 4.74 Å². The summed E-state index contributed by atoms with van der Waals surface area (Å²) >= 11 is 0. The molecule has 0 saturated heterocycles. The Morgan fingerprint density at radius 2 is 2.13 bits per heavy atom. The number of esters is 1. The van der Waals surface area contributed by atoms with Crippen molar-refractivity contribution in [1.82, 2.24) is 9.97 Å². The fourth-order valence-corrected chi connectivity index (χ4v) is 2.89. The van der Waals surface area contributed by atoms with Crippen LogP contribution in [-0.4, -0.2) is 28.6 Å². The number of rotatable bonds is 6. The first-order chi connectivity index (χ1) is 10.8. The van der Waals surface area contributed by atoms with Gasteiger partial charge in [0.05, 0.1) is 24.3 Å². The number of carbonyl (C=O) groups is 1. The van der Waals surface area contributed by atoms with Gasteiger partial charge in [0.25, 0.3) is 0 Å². The molecule has 1 aliphatic carbocycles. The zero-order valence-electron chi connectivity index (χ0n) is 14.0. The molecule has 1 heterocycles. The lowest BCUT2D eigenvalue weighted by atomic mass is 10.0. The second-order valence-corrected chi connectivity index (χ2v) is 6.63. The fraction of sp³-hybridized carbons (Fsp3) is 0.625. The lowest BCUT2D eigenvalue weighted by Gasteiger charge is -2.22. The van der Waals surface area contributed by atoms with Gasteiger partial charge < -0.3 is 10.1 Å². The highest BCUT2D eigenvalue weighted by Gasteiger charge is 2.48. The van der Waals surface area contributed by atoms with Crippen molar-refractivity contribution < 1.29 is 9.53 Å². The minimum Gasteiger partial charge on any atom is -0.466 e. The van der Waals surface area contributed by atoms with Crippen LogP contribution in [0.3, 0.4) is 0 Å². The number of nitrogens with zero attached hydrogens (tertiary/aromatic N) is 3. The second kappa shape index (κ2) is 6.80. The molecule has 1 N–H and O–H groups in total. The molecule has 7 heteroatoms. The summed E-state index contributed by atoms with van der Waals surface area (Å²) in [6, 6.07) is 2.22. The summed E-state index contributed by atoms with van der Waals surface area (Å²) in [6.45, 7) is 7.71. The van der Waals surface area contributed by atoms with Gasteiger partial charge in [-0.1, -0.05) is 9.24 Å². The zero-order valence-corrected chi connectivity index (χ0v) is 15.2. The van der Waals surface area contributed by atoms with Crippen LogP contribution in [-0.2, 0) is 14.9 Å². The van der Waals surface area contributed by atoms with Crippen LogP contribution in [0.1, 0.15) is 45.1 Å². The van der Waals surface area contributed by atoms with Crippen molar-refractivity contribution in [2.45, 2.75) is 52.0 Å². The predicted molar refractivity (Wildman–Crippen MR) is 91.5 cm³/mol. The molecule has 1 saturated carbocycles. The zero-order chi connectivity index (χ0) is 17.2. The van der Waals surface area contributed by atoms with Gasteiger partial charge in [0.15, 0.2) is 0 Å². The Morgan fingerprint density at radius 3 is 2.65 bits per heavy atom. The Balaban J connectivity index is 2.24. The number of hydrogen-bond donors (Lipinski definition) is 1. The number of aromatic nitrogens is 2. The van der Waals surface area contributed by atoms with Gasteiger partial charge in [-0.25, -0.2) is 9.97 Å². The largest absolute Gasteiger partial charge is 0.466 e. The highest BCUT2D eigenvalue weighted by Crippen LogP contribution is 2.46. The van der Waals surface area contributed by atoms with E-state index in [1.165, 1.54) is 0 Å². The van der Waals surface area contributed by atoms with E-state index in [1.54, 1.807) is 6.92 Å². The topological polar surface area (TPSA) is 87.9 Å². The van der Waals surface area contributed by atoms with Gasteiger partial charge in [-0.2, -0.15) is 5.26 Å². The van der Waals surface area contributed by atoms with Crippen molar-refractivity contribution in [1.29, 1.82) is 5.26 Å². The van der Waals surface area contributed by atoms with Crippen molar-refractivity contribution in [2.24, 2.45) is 5.92 Å². The van der Waals surface area contributed by atoms with Crippen molar-refractivity contribution in [3.05, 3.63) is 11.5 Å². The minimum atomic E-state index is -0.475. The third-order valence-corrected chi connectivity index (χ3v) is 4.79. The second-order valence-electron chi connectivity index (χ2n) is 6.05. The molecule has 0 radical (unpaired) electrons. The quantitative estimate of drug-likeness (QED) is 0.631. The molecular weight excluding hydrogens is 311 g/mol. The van der Waals surface area contributed by atoms with Crippen LogP contribution in [0.5, 0.6) is 0 Å². The van der Waals surface area contributed by atoms with Gasteiger partial charge in [-0.05, 0) is 40.5 Å². The van der Waals surface area contributed by atoms with Crippen LogP contribution in [0.2, 0.25) is 0 Å². The molecule has 23 heavy (non-hydrogen) atoms. The Bertz CT molecular complexity index is 652. The maximum absolute atomic E-state index is 11.9. The first-order valence-corrected chi connectivity index (χ1v) is 8.41. The van der Waals surface area contributed by atoms with E-state index in [0.717, 1.165) is 23.8 Å². The van der Waals surface area contributed by atoms with E-state index >= 15 is 0 Å². The van der Waals surface area contributed by atoms with Crippen molar-refractivity contribution in [3.63, 3.8) is 0 Å². The number of ether oxygens (including phenoxy) is 1. The maximum Gasteiger partial charge on any atom is 0.310 e. The Morgan fingerprint density at radius 1 is 1.48 bits per heavy atom. The third kappa shape index (κ3) is 3.61. The van der Waals surface area contributed by atoms with Gasteiger partial charge in [0.1, 0.15) is 17.1 Å². The lowest BCUT2D eigenvalue weighted by Crippen LogP contribution is -2.34. The predicted octanol–water partition coefficient (Wildman–Crippen LogP) is 1.84. The van der Waals surface area contributed by atoms with E-state index in [2.05, 4.69) is 30.6 Å². The first-order valence-electron chi connectivity index (χ1n) is 7.83. The lowest BCUT2D eigenvalue weighted by molar-refractivity contribution is -0.147. The van der Waals surface area contributed by atoms with Gasteiger partial charge >= 0.3 is 5.97 Å². The van der Waals surface area contributed by atoms with Gasteiger partial charge in [0.2, 0.25) is 0 Å². The van der Waals surface area contributed by atoms with Crippen molar-refractivity contribution in [3.8, 4) is 6.07 Å². The molecule has 0 bridgehead atoms. The summed E-state index contributed by atoms with van der Waals surface area (Å²) in [5, 5.41) is 13.5. The average molecular weight is 334 g/mol. The maximum atomic E-state index is 11.9. The van der Waals surface area contributed by atoms with Crippen LogP contribution in [0.25, 0.3) is 0 Å². The molecule has 2 rings (SSSR count). The number of aryl methyl sites for hydroxylation is 1. The molecule has 2 unspecified atom stereocenters. The van der Waals surface area contributed by atoms with E-state index in [0.29, 0.717) is 18.2 Å². The Labute approximate surface area is 139 Å². The number of anilines is 1. The molecule has 0 aliphatic heterocycles. The molecule has 6 nitrogen and oxygen atoms in total. The Kier molecular flexibility index (Phi) is 5.21.